The Labute approximate surface area is 120 Å². The Kier molecular flexibility index (Phi) is 4.99. The normalized spacial score (nSPS) is 18.9. The minimum absolute atomic E-state index is 0.122. The van der Waals surface area contributed by atoms with E-state index in [4.69, 9.17) is 11.6 Å². The number of benzene rings is 1. The van der Waals surface area contributed by atoms with Gasteiger partial charge < -0.3 is 5.32 Å². The first kappa shape index (κ1) is 14.2. The number of thioether (sulfide) groups is 1. The molecule has 0 saturated carbocycles. The summed E-state index contributed by atoms with van der Waals surface area (Å²) >= 11 is 8.13. The van der Waals surface area contributed by atoms with E-state index in [1.54, 1.807) is 0 Å². The van der Waals surface area contributed by atoms with Gasteiger partial charge in [-0.25, -0.2) is 0 Å². The molecule has 1 aliphatic rings. The zero-order valence-corrected chi connectivity index (χ0v) is 12.8. The third kappa shape index (κ3) is 3.04. The van der Waals surface area contributed by atoms with E-state index in [0.717, 1.165) is 19.4 Å². The van der Waals surface area contributed by atoms with Crippen LogP contribution in [0.15, 0.2) is 29.2 Å². The van der Waals surface area contributed by atoms with E-state index in [1.165, 1.54) is 16.9 Å². The molecule has 0 aliphatic carbocycles. The van der Waals surface area contributed by atoms with Gasteiger partial charge in [-0.05, 0) is 30.9 Å². The average molecular weight is 284 g/mol. The molecule has 1 aliphatic heterocycles. The Morgan fingerprint density at radius 3 is 2.67 bits per heavy atom. The minimum atomic E-state index is 0.122. The maximum absolute atomic E-state index is 6.13. The first-order chi connectivity index (χ1) is 8.73. The topological polar surface area (TPSA) is 12.0 Å². The second-order valence-corrected chi connectivity index (χ2v) is 6.66. The number of halogens is 1. The van der Waals surface area contributed by atoms with Crippen LogP contribution in [0.5, 0.6) is 0 Å². The van der Waals surface area contributed by atoms with Crippen LogP contribution in [0.2, 0.25) is 0 Å². The van der Waals surface area contributed by atoms with Crippen molar-refractivity contribution in [3.8, 4) is 0 Å². The molecule has 1 unspecified atom stereocenters. The van der Waals surface area contributed by atoms with Gasteiger partial charge in [0.1, 0.15) is 0 Å². The van der Waals surface area contributed by atoms with E-state index in [2.05, 4.69) is 43.4 Å². The van der Waals surface area contributed by atoms with Crippen LogP contribution in [0.25, 0.3) is 0 Å². The van der Waals surface area contributed by atoms with Crippen LogP contribution in [0.1, 0.15) is 32.3 Å². The summed E-state index contributed by atoms with van der Waals surface area (Å²) in [5.74, 6) is 0.699. The third-order valence-electron chi connectivity index (χ3n) is 4.03. The second-order valence-electron chi connectivity index (χ2n) is 5.05. The van der Waals surface area contributed by atoms with Gasteiger partial charge in [0, 0.05) is 28.1 Å². The lowest BCUT2D eigenvalue weighted by molar-refractivity contribution is 0.337. The van der Waals surface area contributed by atoms with Crippen LogP contribution in [0.4, 0.5) is 0 Å². The largest absolute Gasteiger partial charge is 0.309 e. The molecule has 0 amide bonds. The van der Waals surface area contributed by atoms with Gasteiger partial charge >= 0.3 is 0 Å². The molecule has 1 atom stereocenters. The van der Waals surface area contributed by atoms with Crippen LogP contribution in [0, 0.1) is 0 Å². The Balaban J connectivity index is 1.90. The van der Waals surface area contributed by atoms with Crippen LogP contribution in [0.3, 0.4) is 0 Å². The summed E-state index contributed by atoms with van der Waals surface area (Å²) in [6.45, 7) is 5.48. The van der Waals surface area contributed by atoms with Crippen LogP contribution < -0.4 is 5.32 Å². The molecule has 2 rings (SSSR count). The van der Waals surface area contributed by atoms with E-state index >= 15 is 0 Å². The molecule has 3 heteroatoms. The molecule has 0 aromatic heterocycles. The molecular weight excluding hydrogens is 262 g/mol. The van der Waals surface area contributed by atoms with Gasteiger partial charge in [-0.3, -0.25) is 0 Å². The number of hydrogen-bond acceptors (Lipinski definition) is 2. The van der Waals surface area contributed by atoms with Crippen molar-refractivity contribution in [2.45, 2.75) is 48.8 Å². The number of fused-ring (bicyclic) bond motifs is 1. The molecular formula is C15H22ClNS. The third-order valence-corrected chi connectivity index (χ3v) is 5.86. The summed E-state index contributed by atoms with van der Waals surface area (Å²) in [6.07, 6.45) is 3.37. The zero-order chi connectivity index (χ0) is 13.0. The van der Waals surface area contributed by atoms with Gasteiger partial charge in [-0.1, -0.05) is 32.0 Å². The maximum atomic E-state index is 6.13. The second kappa shape index (κ2) is 6.31. The number of hydrogen-bond donors (Lipinski definition) is 1. The lowest BCUT2D eigenvalue weighted by Crippen LogP contribution is -2.48. The zero-order valence-electron chi connectivity index (χ0n) is 11.2. The SMILES string of the molecule is CCC(CC)(CCl)NCC1Cc2ccccc2S1. The van der Waals surface area contributed by atoms with Gasteiger partial charge in [0.05, 0.1) is 0 Å². The fraction of sp³-hybridized carbons (Fsp3) is 0.600. The first-order valence-electron chi connectivity index (χ1n) is 6.78. The molecule has 100 valence electrons. The van der Waals surface area contributed by atoms with Gasteiger partial charge in [0.25, 0.3) is 0 Å². The number of alkyl halides is 1. The number of nitrogens with one attached hydrogen (secondary N) is 1. The van der Waals surface area contributed by atoms with E-state index < -0.39 is 0 Å². The van der Waals surface area contributed by atoms with Gasteiger partial charge in [0.15, 0.2) is 0 Å². The summed E-state index contributed by atoms with van der Waals surface area (Å²) in [6, 6.07) is 8.74. The van der Waals surface area contributed by atoms with E-state index in [1.807, 2.05) is 11.8 Å². The van der Waals surface area contributed by atoms with Crippen molar-refractivity contribution in [2.24, 2.45) is 0 Å². The van der Waals surface area contributed by atoms with E-state index in [0.29, 0.717) is 11.1 Å². The van der Waals surface area contributed by atoms with Crippen molar-refractivity contribution in [1.29, 1.82) is 0 Å². The molecule has 1 heterocycles. The monoisotopic (exact) mass is 283 g/mol. The van der Waals surface area contributed by atoms with Gasteiger partial charge in [-0.2, -0.15) is 0 Å². The quantitative estimate of drug-likeness (QED) is 0.789. The fourth-order valence-corrected chi connectivity index (χ4v) is 4.16. The Morgan fingerprint density at radius 1 is 1.33 bits per heavy atom. The smallest absolute Gasteiger partial charge is 0.0405 e. The lowest BCUT2D eigenvalue weighted by atomic mass is 9.95. The molecule has 1 aromatic carbocycles. The molecule has 0 saturated heterocycles. The maximum Gasteiger partial charge on any atom is 0.0405 e. The highest BCUT2D eigenvalue weighted by Crippen LogP contribution is 2.36. The highest BCUT2D eigenvalue weighted by atomic mass is 35.5. The fourth-order valence-electron chi connectivity index (χ4n) is 2.43. The Morgan fingerprint density at radius 2 is 2.06 bits per heavy atom. The van der Waals surface area contributed by atoms with Gasteiger partial charge in [-0.15, -0.1) is 23.4 Å². The lowest BCUT2D eigenvalue weighted by Gasteiger charge is -2.32. The highest BCUT2D eigenvalue weighted by molar-refractivity contribution is 8.00. The summed E-state index contributed by atoms with van der Waals surface area (Å²) in [7, 11) is 0. The number of rotatable bonds is 6. The van der Waals surface area contributed by atoms with Crippen LogP contribution >= 0.6 is 23.4 Å². The van der Waals surface area contributed by atoms with Crippen molar-refractivity contribution < 1.29 is 0 Å². The van der Waals surface area contributed by atoms with E-state index in [9.17, 15) is 0 Å². The molecule has 1 nitrogen and oxygen atoms in total. The molecule has 0 spiro atoms. The van der Waals surface area contributed by atoms with Crippen LogP contribution in [-0.4, -0.2) is 23.2 Å². The summed E-state index contributed by atoms with van der Waals surface area (Å²) in [5, 5.41) is 4.36. The molecule has 1 N–H and O–H groups in total. The summed E-state index contributed by atoms with van der Waals surface area (Å²) < 4.78 is 0. The van der Waals surface area contributed by atoms with Crippen molar-refractivity contribution in [3.63, 3.8) is 0 Å². The molecule has 18 heavy (non-hydrogen) atoms. The molecule has 1 aromatic rings. The van der Waals surface area contributed by atoms with Gasteiger partial charge in [0.2, 0.25) is 0 Å². The van der Waals surface area contributed by atoms with E-state index in [-0.39, 0.29) is 5.54 Å². The predicted molar refractivity (Wildman–Crippen MR) is 81.8 cm³/mol. The van der Waals surface area contributed by atoms with Crippen molar-refractivity contribution in [2.75, 3.05) is 12.4 Å². The summed E-state index contributed by atoms with van der Waals surface area (Å²) in [4.78, 5) is 1.45. The van der Waals surface area contributed by atoms with Crippen molar-refractivity contribution >= 4 is 23.4 Å². The Hall–Kier alpha value is -0.180. The summed E-state index contributed by atoms with van der Waals surface area (Å²) in [5.41, 5.74) is 1.62. The van der Waals surface area contributed by atoms with Crippen LogP contribution in [-0.2, 0) is 6.42 Å². The highest BCUT2D eigenvalue weighted by Gasteiger charge is 2.28. The predicted octanol–water partition coefficient (Wildman–Crippen LogP) is 4.09. The average Bonchev–Trinajstić information content (AvgIpc) is 2.84. The standard InChI is InChI=1S/C15H22ClNS/c1-3-15(4-2,11-16)17-10-13-9-12-7-5-6-8-14(12)18-13/h5-8,13,17H,3-4,9-11H2,1-2H3. The minimum Gasteiger partial charge on any atom is -0.309 e. The molecule has 0 radical (unpaired) electrons. The Bertz CT molecular complexity index is 357. The first-order valence-corrected chi connectivity index (χ1v) is 8.20. The molecule has 0 fully saturated rings. The van der Waals surface area contributed by atoms with Crippen molar-refractivity contribution in [1.82, 2.24) is 5.32 Å². The molecule has 0 bridgehead atoms. The van der Waals surface area contributed by atoms with Crippen molar-refractivity contribution in [3.05, 3.63) is 29.8 Å².